The molecular weight excluding hydrogens is 338 g/mol. The fourth-order valence-corrected chi connectivity index (χ4v) is 5.26. The molecule has 0 bridgehead atoms. The number of quaternary nitrogens is 1. The normalized spacial score (nSPS) is 34.1. The third-order valence-electron chi connectivity index (χ3n) is 7.06. The number of carbonyl (C=O) groups excluding carboxylic acids is 2. The second-order valence-corrected chi connectivity index (χ2v) is 8.82. The Morgan fingerprint density at radius 3 is 2.56 bits per heavy atom. The van der Waals surface area contributed by atoms with Gasteiger partial charge in [-0.2, -0.15) is 0 Å². The molecule has 5 heteroatoms. The van der Waals surface area contributed by atoms with Gasteiger partial charge in [-0.1, -0.05) is 50.1 Å². The molecule has 0 unspecified atom stereocenters. The molecule has 1 spiro atoms. The van der Waals surface area contributed by atoms with E-state index in [1.807, 2.05) is 0 Å². The summed E-state index contributed by atoms with van der Waals surface area (Å²) in [5, 5.41) is 3.07. The first-order chi connectivity index (χ1) is 13.1. The molecule has 27 heavy (non-hydrogen) atoms. The van der Waals surface area contributed by atoms with Crippen LogP contribution in [0.15, 0.2) is 30.3 Å². The average molecular weight is 371 g/mol. The predicted octanol–water partition coefficient (Wildman–Crippen LogP) is 1.98. The number of likely N-dealkylation sites (tertiary alicyclic amines) is 1. The van der Waals surface area contributed by atoms with E-state index in [0.29, 0.717) is 12.6 Å². The Kier molecular flexibility index (Phi) is 5.22. The van der Waals surface area contributed by atoms with Crippen LogP contribution in [0.4, 0.5) is 4.79 Å². The van der Waals surface area contributed by atoms with Crippen LogP contribution in [-0.2, 0) is 11.2 Å². The Balaban J connectivity index is 1.32. The number of amides is 3. The Hall–Kier alpha value is -1.88. The van der Waals surface area contributed by atoms with E-state index in [0.717, 1.165) is 58.0 Å². The van der Waals surface area contributed by atoms with Crippen molar-refractivity contribution in [2.45, 2.75) is 57.4 Å². The van der Waals surface area contributed by atoms with Gasteiger partial charge in [-0.3, -0.25) is 4.79 Å². The smallest absolute Gasteiger partial charge is 0.323 e. The fraction of sp³-hybridized carbons (Fsp3) is 0.636. The van der Waals surface area contributed by atoms with Gasteiger partial charge in [-0.05, 0) is 49.5 Å². The summed E-state index contributed by atoms with van der Waals surface area (Å²) < 4.78 is 0. The highest BCUT2D eigenvalue weighted by molar-refractivity contribution is 6.07. The lowest BCUT2D eigenvalue weighted by atomic mass is 9.73. The van der Waals surface area contributed by atoms with Gasteiger partial charge in [-0.25, -0.2) is 9.69 Å². The Morgan fingerprint density at radius 1 is 1.11 bits per heavy atom. The summed E-state index contributed by atoms with van der Waals surface area (Å²) in [5.74, 6) is 0.974. The zero-order valence-corrected chi connectivity index (χ0v) is 16.4. The van der Waals surface area contributed by atoms with E-state index in [1.54, 1.807) is 0 Å². The number of nitrogens with one attached hydrogen (secondary N) is 2. The maximum atomic E-state index is 13.1. The summed E-state index contributed by atoms with van der Waals surface area (Å²) in [6.45, 7) is 4.72. The minimum Gasteiger partial charge on any atom is -0.323 e. The van der Waals surface area contributed by atoms with Gasteiger partial charge >= 0.3 is 6.03 Å². The van der Waals surface area contributed by atoms with Crippen molar-refractivity contribution < 1.29 is 14.5 Å². The molecule has 0 aromatic heterocycles. The summed E-state index contributed by atoms with van der Waals surface area (Å²) in [4.78, 5) is 28.5. The first-order valence-electron chi connectivity index (χ1n) is 10.6. The van der Waals surface area contributed by atoms with Crippen molar-refractivity contribution in [3.63, 3.8) is 0 Å². The molecule has 2 aliphatic heterocycles. The molecule has 5 nitrogen and oxygen atoms in total. The molecule has 1 aromatic carbocycles. The highest BCUT2D eigenvalue weighted by Crippen LogP contribution is 2.37. The van der Waals surface area contributed by atoms with Crippen molar-refractivity contribution in [3.05, 3.63) is 35.9 Å². The quantitative estimate of drug-likeness (QED) is 0.797. The van der Waals surface area contributed by atoms with Crippen LogP contribution in [0.3, 0.4) is 0 Å². The van der Waals surface area contributed by atoms with Gasteiger partial charge in [0.05, 0.1) is 13.1 Å². The lowest BCUT2D eigenvalue weighted by Gasteiger charge is -2.37. The highest BCUT2D eigenvalue weighted by Gasteiger charge is 2.55. The molecular formula is C22H32N3O2+. The number of hydrogen-bond donors (Lipinski definition) is 2. The Morgan fingerprint density at radius 2 is 1.85 bits per heavy atom. The van der Waals surface area contributed by atoms with Gasteiger partial charge in [0.1, 0.15) is 5.54 Å². The number of urea groups is 1. The van der Waals surface area contributed by atoms with Crippen molar-refractivity contribution in [1.82, 2.24) is 10.2 Å². The maximum Gasteiger partial charge on any atom is 0.329 e. The molecule has 1 aliphatic carbocycles. The number of rotatable bonds is 4. The molecule has 4 rings (SSSR count). The van der Waals surface area contributed by atoms with Crippen molar-refractivity contribution in [2.75, 3.05) is 19.8 Å². The van der Waals surface area contributed by atoms with Gasteiger partial charge in [0.15, 0.2) is 6.67 Å². The number of benzene rings is 1. The first kappa shape index (κ1) is 18.5. The molecule has 3 aliphatic rings. The molecule has 2 atom stereocenters. The Labute approximate surface area is 162 Å². The second kappa shape index (κ2) is 7.63. The van der Waals surface area contributed by atoms with Crippen LogP contribution in [0.2, 0.25) is 0 Å². The second-order valence-electron chi connectivity index (χ2n) is 8.82. The van der Waals surface area contributed by atoms with Crippen LogP contribution in [0.5, 0.6) is 0 Å². The standard InChI is InChI=1S/C22H31N3O2/c1-17-7-5-6-12-22(17)20(26)25(21(27)23-22)16-24-13-10-19(11-14-24)15-18-8-3-2-4-9-18/h2-4,8-9,17,19H,5-7,10-16H2,1H3,(H,23,27)/p+1/t17-,22+/m0/s1. The predicted molar refractivity (Wildman–Crippen MR) is 104 cm³/mol. The van der Waals surface area contributed by atoms with Crippen LogP contribution in [0, 0.1) is 11.8 Å². The van der Waals surface area contributed by atoms with E-state index in [9.17, 15) is 9.59 Å². The van der Waals surface area contributed by atoms with Crippen molar-refractivity contribution in [1.29, 1.82) is 0 Å². The number of imide groups is 1. The topological polar surface area (TPSA) is 53.9 Å². The lowest BCUT2D eigenvalue weighted by Crippen LogP contribution is -3.14. The summed E-state index contributed by atoms with van der Waals surface area (Å²) in [6.07, 6.45) is 7.47. The number of hydrogen-bond acceptors (Lipinski definition) is 2. The van der Waals surface area contributed by atoms with Crippen molar-refractivity contribution in [2.24, 2.45) is 11.8 Å². The van der Waals surface area contributed by atoms with E-state index in [4.69, 9.17) is 0 Å². The minimum atomic E-state index is -0.625. The molecule has 2 saturated heterocycles. The van der Waals surface area contributed by atoms with Gasteiger partial charge in [-0.15, -0.1) is 0 Å². The average Bonchev–Trinajstić information content (AvgIpc) is 2.91. The monoisotopic (exact) mass is 370 g/mol. The molecule has 2 N–H and O–H groups in total. The molecule has 3 fully saturated rings. The van der Waals surface area contributed by atoms with Crippen LogP contribution in [0.1, 0.15) is 51.0 Å². The number of nitrogens with zero attached hydrogens (tertiary/aromatic N) is 1. The largest absolute Gasteiger partial charge is 0.329 e. The van der Waals surface area contributed by atoms with Gasteiger partial charge in [0.25, 0.3) is 5.91 Å². The van der Waals surface area contributed by atoms with Gasteiger partial charge in [0.2, 0.25) is 0 Å². The van der Waals surface area contributed by atoms with Gasteiger partial charge < -0.3 is 10.2 Å². The third kappa shape index (κ3) is 3.62. The molecule has 1 saturated carbocycles. The zero-order chi connectivity index (χ0) is 18.9. The summed E-state index contributed by atoms with van der Waals surface area (Å²) in [6, 6.07) is 10.5. The van der Waals surface area contributed by atoms with Gasteiger partial charge in [0, 0.05) is 0 Å². The number of carbonyl (C=O) groups is 2. The van der Waals surface area contributed by atoms with Crippen LogP contribution in [0.25, 0.3) is 0 Å². The molecule has 0 radical (unpaired) electrons. The SMILES string of the molecule is C[C@H]1CCCC[C@@]12NC(=O)N(C[NH+]1CCC(Cc3ccccc3)CC1)C2=O. The fourth-order valence-electron chi connectivity index (χ4n) is 5.26. The van der Waals surface area contributed by atoms with Crippen molar-refractivity contribution in [3.8, 4) is 0 Å². The van der Waals surface area contributed by atoms with Crippen molar-refractivity contribution >= 4 is 11.9 Å². The maximum absolute atomic E-state index is 13.1. The van der Waals surface area contributed by atoms with Crippen LogP contribution < -0.4 is 10.2 Å². The van der Waals surface area contributed by atoms with E-state index >= 15 is 0 Å². The minimum absolute atomic E-state index is 0.0265. The molecule has 2 heterocycles. The number of piperidine rings is 1. The highest BCUT2D eigenvalue weighted by atomic mass is 16.2. The molecule has 1 aromatic rings. The van der Waals surface area contributed by atoms with E-state index in [1.165, 1.54) is 15.4 Å². The summed E-state index contributed by atoms with van der Waals surface area (Å²) >= 11 is 0. The molecule has 146 valence electrons. The summed E-state index contributed by atoms with van der Waals surface area (Å²) in [7, 11) is 0. The third-order valence-corrected chi connectivity index (χ3v) is 7.06. The first-order valence-corrected chi connectivity index (χ1v) is 10.6. The zero-order valence-electron chi connectivity index (χ0n) is 16.4. The summed E-state index contributed by atoms with van der Waals surface area (Å²) in [5.41, 5.74) is 0.786. The van der Waals surface area contributed by atoms with Crippen LogP contribution in [-0.4, -0.2) is 42.1 Å². The van der Waals surface area contributed by atoms with E-state index < -0.39 is 5.54 Å². The molecule has 3 amide bonds. The lowest BCUT2D eigenvalue weighted by molar-refractivity contribution is -0.913. The van der Waals surface area contributed by atoms with E-state index in [2.05, 4.69) is 42.6 Å². The van der Waals surface area contributed by atoms with E-state index in [-0.39, 0.29) is 17.9 Å². The van der Waals surface area contributed by atoms with Crippen LogP contribution >= 0.6 is 0 Å². The Bertz CT molecular complexity index is 684.